The van der Waals surface area contributed by atoms with Gasteiger partial charge in [-0.2, -0.15) is 0 Å². The van der Waals surface area contributed by atoms with Gasteiger partial charge in [0.15, 0.2) is 5.78 Å². The number of rotatable bonds is 1. The van der Waals surface area contributed by atoms with E-state index in [1.165, 1.54) is 38.5 Å². The average molecular weight is 258 g/mol. The molecule has 0 aliphatic heterocycles. The highest BCUT2D eigenvalue weighted by molar-refractivity contribution is 5.97. The van der Waals surface area contributed by atoms with Crippen LogP contribution in [0.5, 0.6) is 0 Å². The molecule has 2 aliphatic rings. The summed E-state index contributed by atoms with van der Waals surface area (Å²) in [7, 11) is 0. The summed E-state index contributed by atoms with van der Waals surface area (Å²) in [5, 5.41) is 0. The van der Waals surface area contributed by atoms with E-state index < -0.39 is 0 Å². The lowest BCUT2D eigenvalue weighted by atomic mass is 9.99. The van der Waals surface area contributed by atoms with Crippen molar-refractivity contribution in [1.82, 2.24) is 9.97 Å². The first-order chi connectivity index (χ1) is 9.34. The normalized spacial score (nSPS) is 21.6. The Morgan fingerprint density at radius 1 is 0.947 bits per heavy atom. The summed E-state index contributed by atoms with van der Waals surface area (Å²) in [4.78, 5) is 21.2. The summed E-state index contributed by atoms with van der Waals surface area (Å²) in [5.74, 6) is 1.75. The van der Waals surface area contributed by atoms with Crippen molar-refractivity contribution in [3.63, 3.8) is 0 Å². The minimum Gasteiger partial charge on any atom is -0.294 e. The predicted octanol–water partition coefficient (Wildman–Crippen LogP) is 3.82. The maximum absolute atomic E-state index is 12.0. The molecule has 1 aromatic heterocycles. The van der Waals surface area contributed by atoms with Gasteiger partial charge in [0.25, 0.3) is 0 Å². The van der Waals surface area contributed by atoms with Gasteiger partial charge in [-0.25, -0.2) is 9.97 Å². The largest absolute Gasteiger partial charge is 0.294 e. The Labute approximate surface area is 114 Å². The van der Waals surface area contributed by atoms with Crippen molar-refractivity contribution in [3.8, 4) is 0 Å². The second-order valence-electron chi connectivity index (χ2n) is 5.91. The summed E-state index contributed by atoms with van der Waals surface area (Å²) in [6.07, 6.45) is 13.2. The average Bonchev–Trinajstić information content (AvgIpc) is 2.80. The first kappa shape index (κ1) is 12.8. The fourth-order valence-corrected chi connectivity index (χ4v) is 3.30. The van der Waals surface area contributed by atoms with Crippen molar-refractivity contribution in [2.75, 3.05) is 0 Å². The first-order valence-electron chi connectivity index (χ1n) is 7.73. The van der Waals surface area contributed by atoms with Crippen LogP contribution in [0.4, 0.5) is 0 Å². The van der Waals surface area contributed by atoms with Crippen molar-refractivity contribution in [3.05, 3.63) is 23.3 Å². The van der Waals surface area contributed by atoms with E-state index in [1.807, 2.05) is 0 Å². The van der Waals surface area contributed by atoms with Gasteiger partial charge in [0.2, 0.25) is 0 Å². The van der Waals surface area contributed by atoms with E-state index in [2.05, 4.69) is 4.98 Å². The van der Waals surface area contributed by atoms with Crippen LogP contribution in [0.3, 0.4) is 0 Å². The minimum atomic E-state index is 0.236. The second kappa shape index (κ2) is 5.81. The third kappa shape index (κ3) is 2.85. The number of aryl methyl sites for hydroxylation is 1. The zero-order chi connectivity index (χ0) is 13.1. The Morgan fingerprint density at radius 2 is 1.68 bits per heavy atom. The molecular weight excluding hydrogens is 236 g/mol. The fourth-order valence-electron chi connectivity index (χ4n) is 3.30. The van der Waals surface area contributed by atoms with Gasteiger partial charge in [0.05, 0.1) is 11.3 Å². The number of ketones is 1. The lowest BCUT2D eigenvalue weighted by Gasteiger charge is -2.14. The van der Waals surface area contributed by atoms with Crippen LogP contribution in [0.15, 0.2) is 6.20 Å². The zero-order valence-electron chi connectivity index (χ0n) is 11.5. The lowest BCUT2D eigenvalue weighted by molar-refractivity contribution is 0.0981. The summed E-state index contributed by atoms with van der Waals surface area (Å²) >= 11 is 0. The molecule has 0 N–H and O–H groups in total. The van der Waals surface area contributed by atoms with Crippen LogP contribution >= 0.6 is 0 Å². The van der Waals surface area contributed by atoms with Crippen molar-refractivity contribution in [2.24, 2.45) is 0 Å². The van der Waals surface area contributed by atoms with Gasteiger partial charge in [-0.05, 0) is 32.1 Å². The number of fused-ring (bicyclic) bond motifs is 1. The van der Waals surface area contributed by atoms with Crippen molar-refractivity contribution >= 4 is 5.78 Å². The fraction of sp³-hybridized carbons (Fsp3) is 0.688. The smallest absolute Gasteiger partial charge is 0.166 e. The van der Waals surface area contributed by atoms with Crippen molar-refractivity contribution < 1.29 is 4.79 Å². The van der Waals surface area contributed by atoms with Crippen LogP contribution in [0.25, 0.3) is 0 Å². The van der Waals surface area contributed by atoms with E-state index in [9.17, 15) is 4.79 Å². The number of nitrogens with zero attached hydrogens (tertiary/aromatic N) is 2. The maximum atomic E-state index is 12.0. The monoisotopic (exact) mass is 258 g/mol. The molecule has 0 saturated heterocycles. The van der Waals surface area contributed by atoms with Gasteiger partial charge >= 0.3 is 0 Å². The maximum Gasteiger partial charge on any atom is 0.166 e. The highest BCUT2D eigenvalue weighted by atomic mass is 16.1. The van der Waals surface area contributed by atoms with Crippen LogP contribution in [0, 0.1) is 0 Å². The molecule has 19 heavy (non-hydrogen) atoms. The highest BCUT2D eigenvalue weighted by Gasteiger charge is 2.21. The van der Waals surface area contributed by atoms with Gasteiger partial charge in [-0.1, -0.05) is 25.7 Å². The highest BCUT2D eigenvalue weighted by Crippen LogP contribution is 2.30. The number of hydrogen-bond acceptors (Lipinski definition) is 3. The van der Waals surface area contributed by atoms with Crippen LogP contribution < -0.4 is 0 Å². The molecule has 3 nitrogen and oxygen atoms in total. The molecule has 102 valence electrons. The van der Waals surface area contributed by atoms with E-state index in [-0.39, 0.29) is 5.78 Å². The third-order valence-corrected chi connectivity index (χ3v) is 4.47. The Balaban J connectivity index is 1.87. The summed E-state index contributed by atoms with van der Waals surface area (Å²) in [5.41, 5.74) is 1.80. The summed E-state index contributed by atoms with van der Waals surface area (Å²) < 4.78 is 0. The molecular formula is C16H22N2O. The van der Waals surface area contributed by atoms with E-state index >= 15 is 0 Å². The summed E-state index contributed by atoms with van der Waals surface area (Å²) in [6.45, 7) is 0. The molecule has 1 aromatic rings. The van der Waals surface area contributed by atoms with Crippen LogP contribution in [0.1, 0.15) is 85.6 Å². The Hall–Kier alpha value is -1.25. The Bertz CT molecular complexity index is 462. The second-order valence-corrected chi connectivity index (χ2v) is 5.91. The number of hydrogen-bond donors (Lipinski definition) is 0. The molecule has 0 atom stereocenters. The SMILES string of the molecule is O=C1CCCCc2nc(C3CCCCCC3)ncc21. The van der Waals surface area contributed by atoms with Crippen LogP contribution in [0.2, 0.25) is 0 Å². The third-order valence-electron chi connectivity index (χ3n) is 4.47. The minimum absolute atomic E-state index is 0.236. The molecule has 0 spiro atoms. The molecule has 0 bridgehead atoms. The Kier molecular flexibility index (Phi) is 3.90. The topological polar surface area (TPSA) is 42.9 Å². The molecule has 1 heterocycles. The molecule has 1 saturated carbocycles. The first-order valence-corrected chi connectivity index (χ1v) is 7.73. The van der Waals surface area contributed by atoms with Gasteiger partial charge in [-0.3, -0.25) is 4.79 Å². The van der Waals surface area contributed by atoms with Crippen molar-refractivity contribution in [1.29, 1.82) is 0 Å². The zero-order valence-corrected chi connectivity index (χ0v) is 11.5. The number of Topliss-reactive ketones (excluding diaryl/α,β-unsaturated/α-hetero) is 1. The van der Waals surface area contributed by atoms with Gasteiger partial charge in [0, 0.05) is 18.5 Å². The Morgan fingerprint density at radius 3 is 2.47 bits per heavy atom. The molecule has 0 aromatic carbocycles. The quantitative estimate of drug-likeness (QED) is 0.568. The van der Waals surface area contributed by atoms with Crippen LogP contribution in [-0.4, -0.2) is 15.8 Å². The number of carbonyl (C=O) groups excluding carboxylic acids is 1. The number of carbonyl (C=O) groups is 1. The van der Waals surface area contributed by atoms with Crippen molar-refractivity contribution in [2.45, 2.75) is 70.1 Å². The number of aromatic nitrogens is 2. The van der Waals surface area contributed by atoms with E-state index in [1.54, 1.807) is 6.20 Å². The van der Waals surface area contributed by atoms with Crippen LogP contribution in [-0.2, 0) is 6.42 Å². The van der Waals surface area contributed by atoms with E-state index in [4.69, 9.17) is 4.98 Å². The molecule has 2 aliphatic carbocycles. The van der Waals surface area contributed by atoms with Gasteiger partial charge in [0.1, 0.15) is 5.82 Å². The summed E-state index contributed by atoms with van der Waals surface area (Å²) in [6, 6.07) is 0. The molecule has 1 fully saturated rings. The van der Waals surface area contributed by atoms with Gasteiger partial charge in [-0.15, -0.1) is 0 Å². The van der Waals surface area contributed by atoms with Gasteiger partial charge < -0.3 is 0 Å². The molecule has 3 rings (SSSR count). The standard InChI is InChI=1S/C16H22N2O/c19-15-10-6-5-9-14-13(15)11-17-16(18-14)12-7-3-1-2-4-8-12/h11-12H,1-10H2. The lowest BCUT2D eigenvalue weighted by Crippen LogP contribution is -2.10. The molecule has 3 heteroatoms. The molecule has 0 amide bonds. The van der Waals surface area contributed by atoms with E-state index in [0.717, 1.165) is 36.3 Å². The predicted molar refractivity (Wildman–Crippen MR) is 74.4 cm³/mol. The molecule has 0 unspecified atom stereocenters. The van der Waals surface area contributed by atoms with E-state index in [0.29, 0.717) is 12.3 Å². The molecule has 0 radical (unpaired) electrons.